The molecule has 0 spiro atoms. The molecule has 3 aromatic rings. The third-order valence-corrected chi connectivity index (χ3v) is 3.60. The van der Waals surface area contributed by atoms with Gasteiger partial charge in [0.1, 0.15) is 10.8 Å². The zero-order valence-corrected chi connectivity index (χ0v) is 9.74. The number of hydrogen-bond donors (Lipinski definition) is 2. The number of fused-ring (bicyclic) bond motifs is 1. The fourth-order valence-corrected chi connectivity index (χ4v) is 2.67. The average molecular weight is 257 g/mol. The number of hydrogen-bond acceptors (Lipinski definition) is 4. The molecule has 0 saturated heterocycles. The molecule has 1 heterocycles. The minimum atomic E-state index is 0. The van der Waals surface area contributed by atoms with E-state index in [0.29, 0.717) is 0 Å². The van der Waals surface area contributed by atoms with Crippen molar-refractivity contribution in [3.63, 3.8) is 0 Å². The van der Waals surface area contributed by atoms with E-state index in [0.717, 1.165) is 26.5 Å². The van der Waals surface area contributed by atoms with Crippen LogP contribution >= 0.6 is 11.3 Å². The van der Waals surface area contributed by atoms with E-state index >= 15 is 0 Å². The first-order chi connectivity index (χ1) is 8.22. The van der Waals surface area contributed by atoms with Crippen LogP contribution in [0.1, 0.15) is 7.43 Å². The molecule has 3 N–H and O–H groups in total. The van der Waals surface area contributed by atoms with Crippen LogP contribution in [-0.2, 0) is 0 Å². The molecule has 0 aliphatic carbocycles. The summed E-state index contributed by atoms with van der Waals surface area (Å²) in [5.74, 6) is 0.269. The number of nitrogens with two attached hydrogens (primary N) is 1. The Morgan fingerprint density at radius 1 is 1.06 bits per heavy atom. The fourth-order valence-electron chi connectivity index (χ4n) is 1.66. The van der Waals surface area contributed by atoms with Crippen LogP contribution in [0.15, 0.2) is 42.5 Å². The maximum atomic E-state index is 9.41. The Labute approximate surface area is 110 Å². The quantitative estimate of drug-likeness (QED) is 0.650. The van der Waals surface area contributed by atoms with Crippen molar-refractivity contribution in [2.24, 2.45) is 0 Å². The molecular weight excluding hydrogens is 243 g/mol. The predicted molar refractivity (Wildman–Crippen MR) is 77.9 cm³/mol. The number of aromatic nitrogens is 1. The Hall–Kier alpha value is -2.07. The highest BCUT2D eigenvalue weighted by atomic mass is 32.1. The van der Waals surface area contributed by atoms with Gasteiger partial charge in [-0.15, -0.1) is 11.3 Å². The van der Waals surface area contributed by atoms with Gasteiger partial charge >= 0.3 is 0 Å². The number of thiazole rings is 1. The van der Waals surface area contributed by atoms with Gasteiger partial charge in [-0.05, 0) is 42.5 Å². The van der Waals surface area contributed by atoms with Crippen molar-refractivity contribution >= 4 is 27.2 Å². The summed E-state index contributed by atoms with van der Waals surface area (Å²) in [4.78, 5) is 4.52. The van der Waals surface area contributed by atoms with E-state index in [1.807, 2.05) is 30.3 Å². The summed E-state index contributed by atoms with van der Waals surface area (Å²) in [5.41, 5.74) is 8.34. The third kappa shape index (κ3) is 2.15. The van der Waals surface area contributed by atoms with E-state index in [2.05, 4.69) is 4.98 Å². The zero-order chi connectivity index (χ0) is 11.8. The monoisotopic (exact) mass is 257 g/mol. The van der Waals surface area contributed by atoms with Crippen LogP contribution in [-0.4, -0.2) is 10.1 Å². The molecule has 1 aromatic heterocycles. The van der Waals surface area contributed by atoms with Crippen LogP contribution in [0.4, 0.5) is 5.69 Å². The Bertz CT molecular complexity index is 674. The summed E-state index contributed by atoms with van der Waals surface area (Å²) in [6, 6.07) is 12.8. The van der Waals surface area contributed by atoms with Gasteiger partial charge in [-0.1, -0.05) is 7.43 Å². The van der Waals surface area contributed by atoms with Crippen molar-refractivity contribution in [1.29, 1.82) is 0 Å². The SMILES string of the molecule is Nc1ccc(-c2nc3ccc(O)cc3s2)cc1.[11CH4]. The minimum Gasteiger partial charge on any atom is -0.508 e. The van der Waals surface area contributed by atoms with Crippen LogP contribution in [0.25, 0.3) is 20.8 Å². The number of benzene rings is 2. The van der Waals surface area contributed by atoms with Crippen molar-refractivity contribution in [2.45, 2.75) is 7.43 Å². The van der Waals surface area contributed by atoms with E-state index in [1.54, 1.807) is 23.5 Å². The fraction of sp³-hybridized carbons (Fsp3) is 0.0714. The van der Waals surface area contributed by atoms with Gasteiger partial charge in [0, 0.05) is 11.3 Å². The standard InChI is InChI=1S/C13H10N2OS.CH4/c14-9-3-1-8(2-4-9)13-15-11-6-5-10(16)7-12(11)17-13;/h1-7,16H,14H2;1H4/i;1-1. The lowest BCUT2D eigenvalue weighted by atomic mass is 10.2. The van der Waals surface area contributed by atoms with Gasteiger partial charge in [-0.2, -0.15) is 0 Å². The second kappa shape index (κ2) is 4.66. The smallest absolute Gasteiger partial charge is 0.124 e. The second-order valence-electron chi connectivity index (χ2n) is 3.79. The number of phenols is 1. The summed E-state index contributed by atoms with van der Waals surface area (Å²) in [7, 11) is 0. The van der Waals surface area contributed by atoms with E-state index in [9.17, 15) is 5.11 Å². The normalized spacial score (nSPS) is 10.2. The molecule has 2 aromatic carbocycles. The highest BCUT2D eigenvalue weighted by Gasteiger charge is 2.06. The molecule has 92 valence electrons. The first kappa shape index (κ1) is 12.4. The van der Waals surface area contributed by atoms with Gasteiger partial charge in [-0.25, -0.2) is 4.98 Å². The van der Waals surface area contributed by atoms with Crippen LogP contribution < -0.4 is 5.73 Å². The van der Waals surface area contributed by atoms with E-state index < -0.39 is 0 Å². The molecule has 0 bridgehead atoms. The number of rotatable bonds is 1. The molecule has 0 aliphatic heterocycles. The molecule has 3 nitrogen and oxygen atoms in total. The molecule has 3 rings (SSSR count). The van der Waals surface area contributed by atoms with Gasteiger partial charge in [0.05, 0.1) is 10.2 Å². The highest BCUT2D eigenvalue weighted by Crippen LogP contribution is 2.32. The van der Waals surface area contributed by atoms with Crippen molar-refractivity contribution < 1.29 is 5.11 Å². The van der Waals surface area contributed by atoms with Gasteiger partial charge in [0.2, 0.25) is 0 Å². The Morgan fingerprint density at radius 3 is 2.50 bits per heavy atom. The number of nitrogen functional groups attached to an aromatic ring is 1. The van der Waals surface area contributed by atoms with Gasteiger partial charge in [0.15, 0.2) is 0 Å². The largest absolute Gasteiger partial charge is 0.508 e. The molecule has 0 atom stereocenters. The molecule has 0 fully saturated rings. The zero-order valence-electron chi connectivity index (χ0n) is 8.92. The van der Waals surface area contributed by atoms with Crippen molar-refractivity contribution in [1.82, 2.24) is 4.98 Å². The maximum Gasteiger partial charge on any atom is 0.124 e. The number of aromatic hydroxyl groups is 1. The lowest BCUT2D eigenvalue weighted by Gasteiger charge is -1.95. The summed E-state index contributed by atoms with van der Waals surface area (Å²) in [6.45, 7) is 0. The molecule has 0 aliphatic rings. The summed E-state index contributed by atoms with van der Waals surface area (Å²) in [5, 5.41) is 10.3. The van der Waals surface area contributed by atoms with E-state index in [4.69, 9.17) is 5.73 Å². The summed E-state index contributed by atoms with van der Waals surface area (Å²) >= 11 is 1.56. The highest BCUT2D eigenvalue weighted by molar-refractivity contribution is 7.21. The topological polar surface area (TPSA) is 59.1 Å². The van der Waals surface area contributed by atoms with Crippen LogP contribution in [0.2, 0.25) is 0 Å². The molecule has 0 saturated carbocycles. The molecule has 0 unspecified atom stereocenters. The minimum absolute atomic E-state index is 0. The first-order valence-corrected chi connectivity index (χ1v) is 5.99. The van der Waals surface area contributed by atoms with Crippen molar-refractivity contribution in [3.8, 4) is 16.3 Å². The van der Waals surface area contributed by atoms with E-state index in [1.165, 1.54) is 0 Å². The third-order valence-electron chi connectivity index (χ3n) is 2.53. The van der Waals surface area contributed by atoms with Crippen molar-refractivity contribution in [2.75, 3.05) is 5.73 Å². The van der Waals surface area contributed by atoms with E-state index in [-0.39, 0.29) is 13.2 Å². The molecule has 18 heavy (non-hydrogen) atoms. The van der Waals surface area contributed by atoms with Crippen LogP contribution in [0.3, 0.4) is 0 Å². The number of nitrogens with zero attached hydrogens (tertiary/aromatic N) is 1. The average Bonchev–Trinajstić information content (AvgIpc) is 2.72. The lowest BCUT2D eigenvalue weighted by molar-refractivity contribution is 0.476. The van der Waals surface area contributed by atoms with Gasteiger partial charge in [-0.3, -0.25) is 0 Å². The Morgan fingerprint density at radius 2 is 1.78 bits per heavy atom. The Balaban J connectivity index is 0.00000120. The molecule has 0 amide bonds. The summed E-state index contributed by atoms with van der Waals surface area (Å²) < 4.78 is 0.983. The first-order valence-electron chi connectivity index (χ1n) is 5.18. The van der Waals surface area contributed by atoms with Gasteiger partial charge in [0.25, 0.3) is 0 Å². The van der Waals surface area contributed by atoms with Gasteiger partial charge < -0.3 is 10.8 Å². The molecule has 0 radical (unpaired) electrons. The number of anilines is 1. The Kier molecular flexibility index (Phi) is 3.21. The van der Waals surface area contributed by atoms with Crippen molar-refractivity contribution in [3.05, 3.63) is 42.5 Å². The number of phenolic OH excluding ortho intramolecular Hbond substituents is 1. The summed E-state index contributed by atoms with van der Waals surface area (Å²) in [6.07, 6.45) is 0. The molecular formula is C14H14N2OS. The maximum absolute atomic E-state index is 9.41. The van der Waals surface area contributed by atoms with Crippen LogP contribution in [0, 0.1) is 0 Å². The lowest BCUT2D eigenvalue weighted by Crippen LogP contribution is -1.83. The molecule has 4 heteroatoms. The van der Waals surface area contributed by atoms with Crippen LogP contribution in [0.5, 0.6) is 5.75 Å². The predicted octanol–water partition coefficient (Wildman–Crippen LogP) is 3.89. The second-order valence-corrected chi connectivity index (χ2v) is 4.82.